The third kappa shape index (κ3) is 2.19. The molecule has 1 saturated heterocycles. The topological polar surface area (TPSA) is 52.8 Å². The molecule has 1 unspecified atom stereocenters. The van der Waals surface area contributed by atoms with Crippen molar-refractivity contribution in [1.29, 1.82) is 0 Å². The summed E-state index contributed by atoms with van der Waals surface area (Å²) in [7, 11) is 0. The Morgan fingerprint density at radius 1 is 1.05 bits per heavy atom. The Kier molecular flexibility index (Phi) is 3.12. The van der Waals surface area contributed by atoms with Crippen LogP contribution in [0.2, 0.25) is 0 Å². The fraction of sp³-hybridized carbons (Fsp3) is 0.312. The van der Waals surface area contributed by atoms with E-state index >= 15 is 0 Å². The van der Waals surface area contributed by atoms with Gasteiger partial charge in [0, 0.05) is 30.6 Å². The van der Waals surface area contributed by atoms with E-state index in [-0.39, 0.29) is 6.23 Å². The molecule has 0 spiro atoms. The molecule has 3 aromatic rings. The first-order valence-corrected chi connectivity index (χ1v) is 7.29. The van der Waals surface area contributed by atoms with E-state index in [1.807, 2.05) is 35.1 Å². The lowest BCUT2D eigenvalue weighted by Crippen LogP contribution is -2.20. The highest BCUT2D eigenvalue weighted by Gasteiger charge is 2.21. The molecule has 21 heavy (non-hydrogen) atoms. The van der Waals surface area contributed by atoms with Gasteiger partial charge in [-0.15, -0.1) is 0 Å². The Bertz CT molecular complexity index is 756. The molecule has 1 fully saturated rings. The van der Waals surface area contributed by atoms with Crippen LogP contribution in [-0.4, -0.2) is 26.4 Å². The van der Waals surface area contributed by atoms with Gasteiger partial charge in [0.05, 0.1) is 11.2 Å². The maximum Gasteiger partial charge on any atom is 0.150 e. The first kappa shape index (κ1) is 12.5. The minimum Gasteiger partial charge on any atom is -0.356 e. The van der Waals surface area contributed by atoms with Crippen molar-refractivity contribution in [1.82, 2.24) is 19.7 Å². The van der Waals surface area contributed by atoms with Crippen LogP contribution in [0.15, 0.2) is 42.9 Å². The molecule has 0 bridgehead atoms. The molecule has 0 radical (unpaired) electrons. The van der Waals surface area contributed by atoms with Crippen molar-refractivity contribution in [2.75, 3.05) is 6.61 Å². The van der Waals surface area contributed by atoms with Gasteiger partial charge in [-0.3, -0.25) is 9.97 Å². The number of ether oxygens (including phenoxy) is 1. The van der Waals surface area contributed by atoms with Crippen molar-refractivity contribution in [3.63, 3.8) is 0 Å². The summed E-state index contributed by atoms with van der Waals surface area (Å²) in [6, 6.07) is 7.94. The number of pyridine rings is 2. The molecule has 0 N–H and O–H groups in total. The van der Waals surface area contributed by atoms with E-state index < -0.39 is 0 Å². The summed E-state index contributed by atoms with van der Waals surface area (Å²) in [5.41, 5.74) is 2.73. The number of aromatic nitrogens is 4. The second-order valence-corrected chi connectivity index (χ2v) is 5.22. The lowest BCUT2D eigenvalue weighted by atomic mass is 10.1. The van der Waals surface area contributed by atoms with Gasteiger partial charge in [0.1, 0.15) is 5.69 Å². The highest BCUT2D eigenvalue weighted by Crippen LogP contribution is 2.30. The van der Waals surface area contributed by atoms with Gasteiger partial charge in [-0.25, -0.2) is 4.68 Å². The number of hydrogen-bond donors (Lipinski definition) is 0. The summed E-state index contributed by atoms with van der Waals surface area (Å²) < 4.78 is 7.79. The van der Waals surface area contributed by atoms with Crippen LogP contribution in [0, 0.1) is 0 Å². The van der Waals surface area contributed by atoms with E-state index in [0.717, 1.165) is 41.7 Å². The van der Waals surface area contributed by atoms with Crippen molar-refractivity contribution in [2.45, 2.75) is 25.5 Å². The van der Waals surface area contributed by atoms with Gasteiger partial charge >= 0.3 is 0 Å². The molecule has 1 aliphatic heterocycles. The zero-order chi connectivity index (χ0) is 14.1. The molecule has 3 aromatic heterocycles. The van der Waals surface area contributed by atoms with Crippen molar-refractivity contribution in [3.8, 4) is 11.4 Å². The SMILES string of the molecule is c1cnc2c(-c3ccnn3C3CCCCO3)nccc2c1. The van der Waals surface area contributed by atoms with Crippen molar-refractivity contribution in [2.24, 2.45) is 0 Å². The molecule has 4 rings (SSSR count). The summed E-state index contributed by atoms with van der Waals surface area (Å²) >= 11 is 0. The van der Waals surface area contributed by atoms with Crippen molar-refractivity contribution < 1.29 is 4.74 Å². The highest BCUT2D eigenvalue weighted by atomic mass is 16.5. The smallest absolute Gasteiger partial charge is 0.150 e. The third-order valence-corrected chi connectivity index (χ3v) is 3.86. The second kappa shape index (κ2) is 5.26. The summed E-state index contributed by atoms with van der Waals surface area (Å²) in [6.45, 7) is 0.797. The van der Waals surface area contributed by atoms with E-state index in [9.17, 15) is 0 Å². The normalized spacial score (nSPS) is 19.0. The predicted octanol–water partition coefficient (Wildman–Crippen LogP) is 3.19. The second-order valence-electron chi connectivity index (χ2n) is 5.22. The third-order valence-electron chi connectivity index (χ3n) is 3.86. The van der Waals surface area contributed by atoms with Gasteiger partial charge in [-0.1, -0.05) is 6.07 Å². The Morgan fingerprint density at radius 3 is 2.95 bits per heavy atom. The molecule has 106 valence electrons. The summed E-state index contributed by atoms with van der Waals surface area (Å²) in [4.78, 5) is 9.00. The van der Waals surface area contributed by atoms with E-state index in [2.05, 4.69) is 15.1 Å². The molecule has 1 aliphatic rings. The Morgan fingerprint density at radius 2 is 2.05 bits per heavy atom. The number of fused-ring (bicyclic) bond motifs is 1. The maximum absolute atomic E-state index is 5.85. The van der Waals surface area contributed by atoms with E-state index in [0.29, 0.717) is 0 Å². The average molecular weight is 280 g/mol. The predicted molar refractivity (Wildman–Crippen MR) is 79.6 cm³/mol. The molecular weight excluding hydrogens is 264 g/mol. The highest BCUT2D eigenvalue weighted by molar-refractivity contribution is 5.90. The quantitative estimate of drug-likeness (QED) is 0.723. The van der Waals surface area contributed by atoms with Crippen LogP contribution in [-0.2, 0) is 4.74 Å². The monoisotopic (exact) mass is 280 g/mol. The van der Waals surface area contributed by atoms with Crippen molar-refractivity contribution in [3.05, 3.63) is 42.9 Å². The molecule has 5 nitrogen and oxygen atoms in total. The van der Waals surface area contributed by atoms with Crippen LogP contribution in [0.1, 0.15) is 25.5 Å². The summed E-state index contributed by atoms with van der Waals surface area (Å²) in [5.74, 6) is 0. The van der Waals surface area contributed by atoms with Gasteiger partial charge in [0.2, 0.25) is 0 Å². The zero-order valence-corrected chi connectivity index (χ0v) is 11.6. The zero-order valence-electron chi connectivity index (χ0n) is 11.6. The standard InChI is InChI=1S/C16H16N4O/c1-2-11-21-14(5-1)20-13(7-10-19-20)16-15-12(6-9-18-16)4-3-8-17-15/h3-4,6-10,14H,1-2,5,11H2. The number of nitrogens with zero attached hydrogens (tertiary/aromatic N) is 4. The van der Waals surface area contributed by atoms with Crippen LogP contribution in [0.4, 0.5) is 0 Å². The molecule has 4 heterocycles. The fourth-order valence-corrected chi connectivity index (χ4v) is 2.84. The number of hydrogen-bond acceptors (Lipinski definition) is 4. The number of rotatable bonds is 2. The van der Waals surface area contributed by atoms with Crippen LogP contribution in [0.25, 0.3) is 22.3 Å². The lowest BCUT2D eigenvalue weighted by molar-refractivity contribution is -0.0383. The molecular formula is C16H16N4O. The minimum atomic E-state index is 0.00418. The summed E-state index contributed by atoms with van der Waals surface area (Å²) in [6.07, 6.45) is 8.71. The Hall–Kier alpha value is -2.27. The Labute approximate surface area is 122 Å². The molecule has 0 amide bonds. The van der Waals surface area contributed by atoms with E-state index in [4.69, 9.17) is 4.74 Å². The van der Waals surface area contributed by atoms with Crippen LogP contribution in [0.3, 0.4) is 0 Å². The fourth-order valence-electron chi connectivity index (χ4n) is 2.84. The van der Waals surface area contributed by atoms with Gasteiger partial charge in [0.25, 0.3) is 0 Å². The van der Waals surface area contributed by atoms with Gasteiger partial charge < -0.3 is 4.74 Å². The van der Waals surface area contributed by atoms with Crippen LogP contribution in [0.5, 0.6) is 0 Å². The summed E-state index contributed by atoms with van der Waals surface area (Å²) in [5, 5.41) is 5.53. The lowest BCUT2D eigenvalue weighted by Gasteiger charge is -2.24. The van der Waals surface area contributed by atoms with E-state index in [1.54, 1.807) is 12.4 Å². The van der Waals surface area contributed by atoms with Gasteiger partial charge in [0.15, 0.2) is 6.23 Å². The molecule has 0 saturated carbocycles. The molecule has 0 aromatic carbocycles. The molecule has 0 aliphatic carbocycles. The van der Waals surface area contributed by atoms with Crippen molar-refractivity contribution >= 4 is 10.9 Å². The van der Waals surface area contributed by atoms with Crippen LogP contribution >= 0.6 is 0 Å². The van der Waals surface area contributed by atoms with Crippen LogP contribution < -0.4 is 0 Å². The Balaban J connectivity index is 1.84. The van der Waals surface area contributed by atoms with Gasteiger partial charge in [-0.2, -0.15) is 5.10 Å². The first-order valence-electron chi connectivity index (χ1n) is 7.29. The van der Waals surface area contributed by atoms with Gasteiger partial charge in [-0.05, 0) is 37.5 Å². The maximum atomic E-state index is 5.85. The minimum absolute atomic E-state index is 0.00418. The largest absolute Gasteiger partial charge is 0.356 e. The molecule has 5 heteroatoms. The average Bonchev–Trinajstić information content (AvgIpc) is 3.04. The molecule has 1 atom stereocenters. The first-order chi connectivity index (χ1) is 10.4. The van der Waals surface area contributed by atoms with E-state index in [1.165, 1.54) is 6.42 Å².